The molecular formula is C16H12Cl2N2. The van der Waals surface area contributed by atoms with Gasteiger partial charge in [0, 0.05) is 22.7 Å². The highest BCUT2D eigenvalue weighted by atomic mass is 35.5. The molecule has 0 aliphatic carbocycles. The fraction of sp³-hybridized carbons (Fsp3) is 0.0625. The Morgan fingerprint density at radius 2 is 1.80 bits per heavy atom. The van der Waals surface area contributed by atoms with E-state index in [2.05, 4.69) is 17.2 Å². The molecule has 0 radical (unpaired) electrons. The lowest BCUT2D eigenvalue weighted by Gasteiger charge is -2.07. The highest BCUT2D eigenvalue weighted by molar-refractivity contribution is 6.30. The number of benzene rings is 2. The summed E-state index contributed by atoms with van der Waals surface area (Å²) in [7, 11) is 0. The molecule has 3 rings (SSSR count). The van der Waals surface area contributed by atoms with Gasteiger partial charge in [-0.1, -0.05) is 48.0 Å². The zero-order chi connectivity index (χ0) is 13.9. The monoisotopic (exact) mass is 302 g/mol. The lowest BCUT2D eigenvalue weighted by atomic mass is 10.1. The van der Waals surface area contributed by atoms with Gasteiger partial charge in [0.15, 0.2) is 0 Å². The van der Waals surface area contributed by atoms with Crippen LogP contribution in [0.5, 0.6) is 0 Å². The molecule has 0 bridgehead atoms. The van der Waals surface area contributed by atoms with Crippen LogP contribution in [0.3, 0.4) is 0 Å². The zero-order valence-electron chi connectivity index (χ0n) is 10.6. The summed E-state index contributed by atoms with van der Waals surface area (Å²) in [6.07, 6.45) is 3.82. The zero-order valence-corrected chi connectivity index (χ0v) is 12.1. The van der Waals surface area contributed by atoms with E-state index in [9.17, 15) is 0 Å². The fourth-order valence-electron chi connectivity index (χ4n) is 2.10. The van der Waals surface area contributed by atoms with Gasteiger partial charge in [-0.25, -0.2) is 4.68 Å². The van der Waals surface area contributed by atoms with Crippen molar-refractivity contribution in [2.24, 2.45) is 0 Å². The average Bonchev–Trinajstić information content (AvgIpc) is 2.98. The van der Waals surface area contributed by atoms with Crippen LogP contribution in [0.2, 0.25) is 5.02 Å². The first kappa shape index (κ1) is 13.2. The fourth-order valence-corrected chi connectivity index (χ4v) is 2.49. The highest BCUT2D eigenvalue weighted by Gasteiger charge is 2.08. The van der Waals surface area contributed by atoms with Crippen molar-refractivity contribution < 1.29 is 0 Å². The van der Waals surface area contributed by atoms with Gasteiger partial charge in [-0.2, -0.15) is 5.10 Å². The summed E-state index contributed by atoms with van der Waals surface area (Å²) >= 11 is 12.0. The van der Waals surface area contributed by atoms with E-state index in [0.717, 1.165) is 22.4 Å². The smallest absolute Gasteiger partial charge is 0.0704 e. The van der Waals surface area contributed by atoms with Crippen LogP contribution in [-0.4, -0.2) is 9.78 Å². The quantitative estimate of drug-likeness (QED) is 0.627. The maximum Gasteiger partial charge on any atom is 0.0704 e. The molecule has 2 nitrogen and oxygen atoms in total. The summed E-state index contributed by atoms with van der Waals surface area (Å²) in [4.78, 5) is 0. The Kier molecular flexibility index (Phi) is 3.77. The van der Waals surface area contributed by atoms with Gasteiger partial charge in [0.1, 0.15) is 0 Å². The molecule has 0 aliphatic rings. The summed E-state index contributed by atoms with van der Waals surface area (Å²) in [6.45, 7) is 0. The van der Waals surface area contributed by atoms with E-state index in [1.165, 1.54) is 0 Å². The third kappa shape index (κ3) is 2.58. The van der Waals surface area contributed by atoms with Crippen molar-refractivity contribution >= 4 is 23.2 Å². The minimum Gasteiger partial charge on any atom is -0.240 e. The molecule has 0 saturated heterocycles. The molecule has 4 heteroatoms. The van der Waals surface area contributed by atoms with Crippen LogP contribution in [0.15, 0.2) is 60.9 Å². The number of aromatic nitrogens is 2. The third-order valence-corrected chi connectivity index (χ3v) is 3.65. The first-order chi connectivity index (χ1) is 9.78. The average molecular weight is 303 g/mol. The summed E-state index contributed by atoms with van der Waals surface area (Å²) in [5.41, 5.74) is 4.10. The van der Waals surface area contributed by atoms with E-state index in [1.54, 1.807) is 0 Å². The van der Waals surface area contributed by atoms with Gasteiger partial charge in [-0.3, -0.25) is 0 Å². The van der Waals surface area contributed by atoms with Gasteiger partial charge < -0.3 is 0 Å². The molecular weight excluding hydrogens is 291 g/mol. The highest BCUT2D eigenvalue weighted by Crippen LogP contribution is 2.24. The van der Waals surface area contributed by atoms with E-state index in [4.69, 9.17) is 23.2 Å². The summed E-state index contributed by atoms with van der Waals surface area (Å²) in [5, 5.41) is 5.08. The number of hydrogen-bond donors (Lipinski definition) is 0. The van der Waals surface area contributed by atoms with Crippen LogP contribution in [0.1, 0.15) is 5.56 Å². The SMILES string of the molecule is ClCc1ccc(Cl)cc1-n1cc(-c2ccccc2)cn1. The molecule has 1 aromatic heterocycles. The second-order valence-electron chi connectivity index (χ2n) is 4.45. The molecule has 0 unspecified atom stereocenters. The number of rotatable bonds is 3. The van der Waals surface area contributed by atoms with Crippen LogP contribution in [0, 0.1) is 0 Å². The summed E-state index contributed by atoms with van der Waals surface area (Å²) in [6, 6.07) is 15.8. The van der Waals surface area contributed by atoms with Crippen LogP contribution < -0.4 is 0 Å². The molecule has 3 aromatic rings. The molecule has 0 saturated carbocycles. The van der Waals surface area contributed by atoms with E-state index in [0.29, 0.717) is 10.9 Å². The van der Waals surface area contributed by atoms with Crippen LogP contribution in [-0.2, 0) is 5.88 Å². The predicted molar refractivity (Wildman–Crippen MR) is 83.6 cm³/mol. The number of nitrogens with zero attached hydrogens (tertiary/aromatic N) is 2. The lowest BCUT2D eigenvalue weighted by molar-refractivity contribution is 0.871. The van der Waals surface area contributed by atoms with Gasteiger partial charge >= 0.3 is 0 Å². The summed E-state index contributed by atoms with van der Waals surface area (Å²) in [5.74, 6) is 0.424. The molecule has 2 aromatic carbocycles. The Balaban J connectivity index is 2.04. The number of halogens is 2. The van der Waals surface area contributed by atoms with Crippen molar-refractivity contribution in [3.05, 3.63) is 71.5 Å². The maximum atomic E-state index is 6.06. The van der Waals surface area contributed by atoms with Crippen LogP contribution in [0.4, 0.5) is 0 Å². The Hall–Kier alpha value is -1.77. The van der Waals surface area contributed by atoms with Gasteiger partial charge in [-0.05, 0) is 23.3 Å². The van der Waals surface area contributed by atoms with Crippen LogP contribution in [0.25, 0.3) is 16.8 Å². The van der Waals surface area contributed by atoms with E-state index < -0.39 is 0 Å². The third-order valence-electron chi connectivity index (χ3n) is 3.13. The normalized spacial score (nSPS) is 10.7. The topological polar surface area (TPSA) is 17.8 Å². The van der Waals surface area contributed by atoms with E-state index >= 15 is 0 Å². The Labute approximate surface area is 127 Å². The minimum absolute atomic E-state index is 0.424. The molecule has 100 valence electrons. The van der Waals surface area contributed by atoms with E-state index in [1.807, 2.05) is 53.5 Å². The predicted octanol–water partition coefficient (Wildman–Crippen LogP) is 4.93. The molecule has 0 amide bonds. The molecule has 0 spiro atoms. The van der Waals surface area contributed by atoms with Gasteiger partial charge in [0.05, 0.1) is 11.9 Å². The van der Waals surface area contributed by atoms with Crippen molar-refractivity contribution in [2.75, 3.05) is 0 Å². The molecule has 0 fully saturated rings. The lowest BCUT2D eigenvalue weighted by Crippen LogP contribution is -1.98. The second-order valence-corrected chi connectivity index (χ2v) is 5.15. The minimum atomic E-state index is 0.424. The number of alkyl halides is 1. The Morgan fingerprint density at radius 1 is 1.00 bits per heavy atom. The van der Waals surface area contributed by atoms with Gasteiger partial charge in [0.2, 0.25) is 0 Å². The summed E-state index contributed by atoms with van der Waals surface area (Å²) < 4.78 is 1.81. The molecule has 0 N–H and O–H groups in total. The van der Waals surface area contributed by atoms with Gasteiger partial charge in [0.25, 0.3) is 0 Å². The van der Waals surface area contributed by atoms with Crippen molar-refractivity contribution in [1.29, 1.82) is 0 Å². The van der Waals surface area contributed by atoms with Gasteiger partial charge in [-0.15, -0.1) is 11.6 Å². The molecule has 20 heavy (non-hydrogen) atoms. The molecule has 0 aliphatic heterocycles. The molecule has 0 atom stereocenters. The first-order valence-corrected chi connectivity index (χ1v) is 7.14. The van der Waals surface area contributed by atoms with Crippen molar-refractivity contribution in [1.82, 2.24) is 9.78 Å². The van der Waals surface area contributed by atoms with Crippen molar-refractivity contribution in [2.45, 2.75) is 5.88 Å². The molecule has 1 heterocycles. The first-order valence-electron chi connectivity index (χ1n) is 6.23. The standard InChI is InChI=1S/C16H12Cl2N2/c17-9-13-6-7-15(18)8-16(13)20-11-14(10-19-20)12-4-2-1-3-5-12/h1-8,10-11H,9H2. The van der Waals surface area contributed by atoms with Crippen molar-refractivity contribution in [3.8, 4) is 16.8 Å². The van der Waals surface area contributed by atoms with Crippen LogP contribution >= 0.6 is 23.2 Å². The Bertz CT molecular complexity index is 720. The van der Waals surface area contributed by atoms with Crippen molar-refractivity contribution in [3.63, 3.8) is 0 Å². The largest absolute Gasteiger partial charge is 0.240 e. The second kappa shape index (κ2) is 5.70. The number of hydrogen-bond acceptors (Lipinski definition) is 1. The van der Waals surface area contributed by atoms with E-state index in [-0.39, 0.29) is 0 Å². The maximum absolute atomic E-state index is 6.06. The Morgan fingerprint density at radius 3 is 2.55 bits per heavy atom.